The Hall–Kier alpha value is -0.120. The molecule has 1 heterocycles. The maximum atomic E-state index is 5.81. The third kappa shape index (κ3) is 3.44. The fraction of sp³-hybridized carbons (Fsp3) is 1.00. The van der Waals surface area contributed by atoms with E-state index >= 15 is 0 Å². The molecule has 1 N–H and O–H groups in total. The Morgan fingerprint density at radius 1 is 1.31 bits per heavy atom. The van der Waals surface area contributed by atoms with Gasteiger partial charge < -0.3 is 10.1 Å². The van der Waals surface area contributed by atoms with E-state index in [0.717, 1.165) is 32.3 Å². The maximum absolute atomic E-state index is 5.81. The molecule has 2 rings (SSSR count). The Balaban J connectivity index is 1.68. The molecule has 2 fully saturated rings. The molecule has 1 aliphatic carbocycles. The summed E-state index contributed by atoms with van der Waals surface area (Å²) in [6, 6.07) is 1.41. The van der Waals surface area contributed by atoms with Crippen LogP contribution in [0.2, 0.25) is 0 Å². The molecule has 0 bridgehead atoms. The van der Waals surface area contributed by atoms with Crippen LogP contribution >= 0.6 is 0 Å². The summed E-state index contributed by atoms with van der Waals surface area (Å²) in [6.07, 6.45) is 5.93. The Kier molecular flexibility index (Phi) is 4.62. The van der Waals surface area contributed by atoms with Gasteiger partial charge in [-0.05, 0) is 26.7 Å². The molecule has 3 nitrogen and oxygen atoms in total. The van der Waals surface area contributed by atoms with Crippen molar-refractivity contribution >= 4 is 0 Å². The summed E-state index contributed by atoms with van der Waals surface area (Å²) in [7, 11) is 0. The fourth-order valence-electron chi connectivity index (χ4n) is 2.76. The van der Waals surface area contributed by atoms with Crippen molar-refractivity contribution in [2.75, 3.05) is 26.2 Å². The average molecular weight is 226 g/mol. The second-order valence-corrected chi connectivity index (χ2v) is 5.47. The predicted molar refractivity (Wildman–Crippen MR) is 66.7 cm³/mol. The first-order valence-electron chi connectivity index (χ1n) is 6.84. The summed E-state index contributed by atoms with van der Waals surface area (Å²) >= 11 is 0. The van der Waals surface area contributed by atoms with E-state index in [9.17, 15) is 0 Å². The lowest BCUT2D eigenvalue weighted by Crippen LogP contribution is -2.50. The third-order valence-electron chi connectivity index (χ3n) is 3.89. The lowest BCUT2D eigenvalue weighted by molar-refractivity contribution is -0.0380. The topological polar surface area (TPSA) is 24.5 Å². The number of hydrogen-bond acceptors (Lipinski definition) is 3. The maximum Gasteiger partial charge on any atom is 0.0826 e. The van der Waals surface area contributed by atoms with Crippen molar-refractivity contribution in [2.45, 2.75) is 57.7 Å². The first-order chi connectivity index (χ1) is 7.75. The Bertz CT molecular complexity index is 202. The second kappa shape index (κ2) is 5.99. The third-order valence-corrected chi connectivity index (χ3v) is 3.89. The average Bonchev–Trinajstić information content (AvgIpc) is 2.79. The number of ether oxygens (including phenoxy) is 1. The van der Waals surface area contributed by atoms with Gasteiger partial charge in [-0.2, -0.15) is 0 Å². The summed E-state index contributed by atoms with van der Waals surface area (Å²) in [4.78, 5) is 2.52. The zero-order valence-electron chi connectivity index (χ0n) is 10.7. The van der Waals surface area contributed by atoms with Gasteiger partial charge >= 0.3 is 0 Å². The zero-order valence-corrected chi connectivity index (χ0v) is 10.7. The standard InChI is InChI=1S/C13H26N2O/c1-11(2)15-7-8-16-13(10-15)9-14-12-5-3-4-6-12/h11-14H,3-10H2,1-2H3. The van der Waals surface area contributed by atoms with Gasteiger partial charge in [-0.1, -0.05) is 12.8 Å². The summed E-state index contributed by atoms with van der Waals surface area (Å²) < 4.78 is 5.81. The molecule has 0 spiro atoms. The first kappa shape index (κ1) is 12.3. The van der Waals surface area contributed by atoms with Crippen LogP contribution in [0.5, 0.6) is 0 Å². The van der Waals surface area contributed by atoms with Crippen molar-refractivity contribution in [3.63, 3.8) is 0 Å². The van der Waals surface area contributed by atoms with Crippen LogP contribution in [-0.2, 0) is 4.74 Å². The number of rotatable bonds is 4. The van der Waals surface area contributed by atoms with Crippen molar-refractivity contribution in [1.82, 2.24) is 10.2 Å². The molecule has 2 aliphatic rings. The van der Waals surface area contributed by atoms with Gasteiger partial charge in [0.05, 0.1) is 12.7 Å². The molecule has 0 aromatic rings. The number of nitrogens with one attached hydrogen (secondary N) is 1. The highest BCUT2D eigenvalue weighted by Gasteiger charge is 2.23. The SMILES string of the molecule is CC(C)N1CCOC(CNC2CCCC2)C1. The summed E-state index contributed by atoms with van der Waals surface area (Å²) in [5.41, 5.74) is 0. The quantitative estimate of drug-likeness (QED) is 0.788. The molecule has 3 heteroatoms. The smallest absolute Gasteiger partial charge is 0.0826 e. The zero-order chi connectivity index (χ0) is 11.4. The molecule has 0 aromatic heterocycles. The van der Waals surface area contributed by atoms with Crippen LogP contribution in [0.15, 0.2) is 0 Å². The molecular weight excluding hydrogens is 200 g/mol. The lowest BCUT2D eigenvalue weighted by Gasteiger charge is -2.36. The molecule has 94 valence electrons. The molecule has 1 atom stereocenters. The highest BCUT2D eigenvalue weighted by molar-refractivity contribution is 4.79. The monoisotopic (exact) mass is 226 g/mol. The van der Waals surface area contributed by atoms with Gasteiger partial charge in [0, 0.05) is 31.7 Å². The summed E-state index contributed by atoms with van der Waals surface area (Å²) in [5.74, 6) is 0. The highest BCUT2D eigenvalue weighted by atomic mass is 16.5. The minimum absolute atomic E-state index is 0.400. The lowest BCUT2D eigenvalue weighted by atomic mass is 10.2. The largest absolute Gasteiger partial charge is 0.374 e. The van der Waals surface area contributed by atoms with Gasteiger partial charge in [0.2, 0.25) is 0 Å². The van der Waals surface area contributed by atoms with Crippen LogP contribution in [-0.4, -0.2) is 49.3 Å². The predicted octanol–water partition coefficient (Wildman–Crippen LogP) is 1.63. The van der Waals surface area contributed by atoms with Crippen molar-refractivity contribution in [1.29, 1.82) is 0 Å². The van der Waals surface area contributed by atoms with Crippen molar-refractivity contribution in [3.05, 3.63) is 0 Å². The van der Waals surface area contributed by atoms with Crippen molar-refractivity contribution < 1.29 is 4.74 Å². The molecule has 1 saturated heterocycles. The van der Waals surface area contributed by atoms with Crippen LogP contribution in [0.1, 0.15) is 39.5 Å². The first-order valence-corrected chi connectivity index (χ1v) is 6.84. The van der Waals surface area contributed by atoms with Gasteiger partial charge in [0.25, 0.3) is 0 Å². The van der Waals surface area contributed by atoms with E-state index in [1.54, 1.807) is 0 Å². The molecule has 1 unspecified atom stereocenters. The normalized spacial score (nSPS) is 29.1. The van der Waals surface area contributed by atoms with E-state index in [-0.39, 0.29) is 0 Å². The number of nitrogens with zero attached hydrogens (tertiary/aromatic N) is 1. The van der Waals surface area contributed by atoms with Gasteiger partial charge in [-0.3, -0.25) is 4.90 Å². The highest BCUT2D eigenvalue weighted by Crippen LogP contribution is 2.18. The summed E-state index contributed by atoms with van der Waals surface area (Å²) in [6.45, 7) is 8.66. The molecular formula is C13H26N2O. The van der Waals surface area contributed by atoms with E-state index in [0.29, 0.717) is 12.1 Å². The van der Waals surface area contributed by atoms with Crippen LogP contribution in [0.4, 0.5) is 0 Å². The van der Waals surface area contributed by atoms with Gasteiger partial charge in [0.1, 0.15) is 0 Å². The number of morpholine rings is 1. The van der Waals surface area contributed by atoms with E-state index < -0.39 is 0 Å². The van der Waals surface area contributed by atoms with E-state index in [4.69, 9.17) is 4.74 Å². The van der Waals surface area contributed by atoms with Gasteiger partial charge in [0.15, 0.2) is 0 Å². The van der Waals surface area contributed by atoms with Crippen LogP contribution in [0.25, 0.3) is 0 Å². The Labute approximate surface area is 99.5 Å². The molecule has 0 radical (unpaired) electrons. The van der Waals surface area contributed by atoms with Gasteiger partial charge in [-0.25, -0.2) is 0 Å². The van der Waals surface area contributed by atoms with Crippen LogP contribution < -0.4 is 5.32 Å². The number of hydrogen-bond donors (Lipinski definition) is 1. The van der Waals surface area contributed by atoms with E-state index in [2.05, 4.69) is 24.1 Å². The fourth-order valence-corrected chi connectivity index (χ4v) is 2.76. The van der Waals surface area contributed by atoms with Gasteiger partial charge in [-0.15, -0.1) is 0 Å². The Morgan fingerprint density at radius 2 is 2.06 bits per heavy atom. The van der Waals surface area contributed by atoms with E-state index in [1.807, 2.05) is 0 Å². The van der Waals surface area contributed by atoms with Crippen LogP contribution in [0, 0.1) is 0 Å². The second-order valence-electron chi connectivity index (χ2n) is 5.47. The molecule has 0 amide bonds. The van der Waals surface area contributed by atoms with Crippen molar-refractivity contribution in [2.24, 2.45) is 0 Å². The van der Waals surface area contributed by atoms with Crippen LogP contribution in [0.3, 0.4) is 0 Å². The molecule has 0 aromatic carbocycles. The minimum atomic E-state index is 0.400. The summed E-state index contributed by atoms with van der Waals surface area (Å²) in [5, 5.41) is 3.66. The van der Waals surface area contributed by atoms with Crippen molar-refractivity contribution in [3.8, 4) is 0 Å². The molecule has 1 aliphatic heterocycles. The Morgan fingerprint density at radius 3 is 2.75 bits per heavy atom. The minimum Gasteiger partial charge on any atom is -0.374 e. The molecule has 1 saturated carbocycles. The molecule has 16 heavy (non-hydrogen) atoms. The van der Waals surface area contributed by atoms with E-state index in [1.165, 1.54) is 25.7 Å².